The number of fused-ring (bicyclic) bond motifs is 1. The molecule has 1 aliphatic carbocycles. The van der Waals surface area contributed by atoms with Crippen LogP contribution in [-0.4, -0.2) is 42.4 Å². The van der Waals surface area contributed by atoms with E-state index in [0.717, 1.165) is 0 Å². The Bertz CT molecular complexity index is 805. The van der Waals surface area contributed by atoms with Gasteiger partial charge in [-0.1, -0.05) is 41.1 Å². The number of benzene rings is 1. The van der Waals surface area contributed by atoms with Crippen LogP contribution < -0.4 is 14.2 Å². The van der Waals surface area contributed by atoms with Crippen molar-refractivity contribution in [3.63, 3.8) is 0 Å². The van der Waals surface area contributed by atoms with E-state index in [0.29, 0.717) is 22.5 Å². The van der Waals surface area contributed by atoms with Crippen LogP contribution in [0.3, 0.4) is 0 Å². The Labute approximate surface area is 169 Å². The minimum atomic E-state index is -1.43. The number of ether oxygens (including phenoxy) is 4. The molecule has 0 fully saturated rings. The lowest BCUT2D eigenvalue weighted by atomic mass is 9.75. The lowest BCUT2D eigenvalue weighted by Gasteiger charge is -2.37. The van der Waals surface area contributed by atoms with Crippen molar-refractivity contribution < 1.29 is 28.5 Å². The fourth-order valence-electron chi connectivity index (χ4n) is 3.39. The molecule has 0 aromatic heterocycles. The molecule has 1 heterocycles. The molecule has 26 heavy (non-hydrogen) atoms. The molecule has 140 valence electrons. The fraction of sp³-hybridized carbons (Fsp3) is 0.444. The van der Waals surface area contributed by atoms with Gasteiger partial charge in [-0.3, -0.25) is 9.59 Å². The molecule has 1 aliphatic heterocycles. The minimum Gasteiger partial charge on any atom is -0.496 e. The first-order valence-corrected chi connectivity index (χ1v) is 9.93. The Hall–Kier alpha value is -1.48. The molecule has 2 aliphatic rings. The van der Waals surface area contributed by atoms with E-state index in [1.165, 1.54) is 20.3 Å². The molecule has 3 rings (SSSR count). The molecular formula is C18H18ClIO6. The second-order valence-corrected chi connectivity index (χ2v) is 7.54. The van der Waals surface area contributed by atoms with Crippen molar-refractivity contribution in [1.29, 1.82) is 0 Å². The van der Waals surface area contributed by atoms with Crippen LogP contribution in [0.15, 0.2) is 17.9 Å². The molecule has 0 amide bonds. The van der Waals surface area contributed by atoms with Gasteiger partial charge >= 0.3 is 0 Å². The lowest BCUT2D eigenvalue weighted by Crippen LogP contribution is -2.51. The molecule has 0 bridgehead atoms. The van der Waals surface area contributed by atoms with Crippen molar-refractivity contribution >= 4 is 45.8 Å². The van der Waals surface area contributed by atoms with Crippen molar-refractivity contribution in [2.75, 3.05) is 25.3 Å². The summed E-state index contributed by atoms with van der Waals surface area (Å²) in [6.45, 7) is 2.15. The summed E-state index contributed by atoms with van der Waals surface area (Å²) in [5.41, 5.74) is -1.19. The predicted octanol–water partition coefficient (Wildman–Crippen LogP) is 3.62. The Morgan fingerprint density at radius 3 is 2.62 bits per heavy atom. The summed E-state index contributed by atoms with van der Waals surface area (Å²) in [6.07, 6.45) is 1.53. The Kier molecular flexibility index (Phi) is 5.39. The van der Waals surface area contributed by atoms with E-state index in [1.54, 1.807) is 13.0 Å². The van der Waals surface area contributed by atoms with Crippen LogP contribution in [0.25, 0.3) is 0 Å². The Morgan fingerprint density at radius 1 is 1.31 bits per heavy atom. The first-order valence-electron chi connectivity index (χ1n) is 8.02. The molecule has 0 radical (unpaired) electrons. The molecule has 2 atom stereocenters. The highest BCUT2D eigenvalue weighted by atomic mass is 127. The van der Waals surface area contributed by atoms with Crippen LogP contribution in [0, 0.1) is 5.92 Å². The molecule has 1 aromatic carbocycles. The topological polar surface area (TPSA) is 71.1 Å². The first kappa shape index (κ1) is 19.3. The van der Waals surface area contributed by atoms with Crippen LogP contribution in [0.1, 0.15) is 23.7 Å². The highest BCUT2D eigenvalue weighted by Crippen LogP contribution is 2.54. The predicted molar refractivity (Wildman–Crippen MR) is 104 cm³/mol. The molecule has 0 saturated heterocycles. The molecule has 6 nitrogen and oxygen atoms in total. The normalized spacial score (nSPS) is 24.2. The van der Waals surface area contributed by atoms with Crippen LogP contribution in [0.5, 0.6) is 17.2 Å². The van der Waals surface area contributed by atoms with E-state index in [4.69, 9.17) is 30.5 Å². The van der Waals surface area contributed by atoms with E-state index < -0.39 is 11.5 Å². The third-order valence-electron chi connectivity index (χ3n) is 4.61. The van der Waals surface area contributed by atoms with E-state index >= 15 is 0 Å². The van der Waals surface area contributed by atoms with E-state index in [2.05, 4.69) is 22.6 Å². The number of methoxy groups -OCH3 is 2. The van der Waals surface area contributed by atoms with Gasteiger partial charge in [0, 0.05) is 28.9 Å². The van der Waals surface area contributed by atoms with Crippen molar-refractivity contribution in [3.05, 3.63) is 28.5 Å². The number of carbonyl (C=O) groups is 2. The monoisotopic (exact) mass is 492 g/mol. The van der Waals surface area contributed by atoms with E-state index in [-0.39, 0.29) is 40.1 Å². The molecule has 8 heteroatoms. The molecule has 1 aromatic rings. The zero-order valence-corrected chi connectivity index (χ0v) is 17.5. The summed E-state index contributed by atoms with van der Waals surface area (Å²) in [5.74, 6) is 0.208. The number of rotatable bonds is 5. The summed E-state index contributed by atoms with van der Waals surface area (Å²) in [4.78, 5) is 25.5. The fourth-order valence-corrected chi connectivity index (χ4v) is 3.87. The van der Waals surface area contributed by atoms with Crippen molar-refractivity contribution in [3.8, 4) is 17.2 Å². The maximum absolute atomic E-state index is 13.5. The molecule has 2 unspecified atom stereocenters. The molecule has 0 saturated carbocycles. The van der Waals surface area contributed by atoms with Gasteiger partial charge in [-0.25, -0.2) is 0 Å². The Morgan fingerprint density at radius 2 is 2.00 bits per heavy atom. The van der Waals surface area contributed by atoms with Gasteiger partial charge < -0.3 is 18.9 Å². The summed E-state index contributed by atoms with van der Waals surface area (Å²) in [6, 6.07) is 1.55. The van der Waals surface area contributed by atoms with Crippen molar-refractivity contribution in [2.24, 2.45) is 5.92 Å². The number of carbonyl (C=O) groups excluding carboxylic acids is 2. The number of allylic oxidation sites excluding steroid dienone is 1. The summed E-state index contributed by atoms with van der Waals surface area (Å²) in [5, 5.41) is 0.186. The zero-order valence-electron chi connectivity index (χ0n) is 14.6. The van der Waals surface area contributed by atoms with Gasteiger partial charge in [-0.2, -0.15) is 0 Å². The smallest absolute Gasteiger partial charge is 0.231 e. The van der Waals surface area contributed by atoms with Gasteiger partial charge in [-0.15, -0.1) is 0 Å². The second kappa shape index (κ2) is 7.26. The minimum absolute atomic E-state index is 0.102. The standard InChI is InChI=1S/C18H18ClIO6/c1-9-6-10(21)7-13(25-5-4-20)18(9)17(22)14-11(23-2)8-12(24-3)15(19)16(14)26-18/h7-9H,4-6H2,1-3H3. The SMILES string of the molecule is COc1cc(OC)c2c(c1Cl)OC1(C2=O)C(OCCI)=CC(=O)CC1C. The van der Waals surface area contributed by atoms with Crippen LogP contribution in [-0.2, 0) is 9.53 Å². The van der Waals surface area contributed by atoms with Gasteiger partial charge in [0.05, 0.1) is 20.8 Å². The second-order valence-electron chi connectivity index (χ2n) is 6.08. The number of Topliss-reactive ketones (excluding diaryl/α,β-unsaturated/α-hetero) is 1. The van der Waals surface area contributed by atoms with Crippen molar-refractivity contribution in [2.45, 2.75) is 18.9 Å². The third kappa shape index (κ3) is 2.76. The van der Waals surface area contributed by atoms with Gasteiger partial charge in [0.15, 0.2) is 17.3 Å². The van der Waals surface area contributed by atoms with Crippen LogP contribution in [0.2, 0.25) is 5.02 Å². The summed E-state index contributed by atoms with van der Waals surface area (Å²) >= 11 is 8.55. The van der Waals surface area contributed by atoms with E-state index in [9.17, 15) is 9.59 Å². The Balaban J connectivity index is 2.19. The summed E-state index contributed by atoms with van der Waals surface area (Å²) in [7, 11) is 2.93. The summed E-state index contributed by atoms with van der Waals surface area (Å²) < 4.78 is 23.2. The number of hydrogen-bond acceptors (Lipinski definition) is 6. The molecular weight excluding hydrogens is 475 g/mol. The first-order chi connectivity index (χ1) is 12.4. The number of hydrogen-bond donors (Lipinski definition) is 0. The van der Waals surface area contributed by atoms with Gasteiger partial charge in [0.25, 0.3) is 0 Å². The van der Waals surface area contributed by atoms with Crippen molar-refractivity contribution in [1.82, 2.24) is 0 Å². The molecule has 1 spiro atoms. The van der Waals surface area contributed by atoms with Gasteiger partial charge in [0.1, 0.15) is 22.1 Å². The molecule has 0 N–H and O–H groups in total. The largest absolute Gasteiger partial charge is 0.496 e. The maximum Gasteiger partial charge on any atom is 0.231 e. The lowest BCUT2D eigenvalue weighted by molar-refractivity contribution is -0.118. The third-order valence-corrected chi connectivity index (χ3v) is 5.41. The maximum atomic E-state index is 13.5. The number of ketones is 2. The van der Waals surface area contributed by atoms with E-state index in [1.807, 2.05) is 0 Å². The quantitative estimate of drug-likeness (QED) is 0.462. The van der Waals surface area contributed by atoms with Crippen LogP contribution >= 0.6 is 34.2 Å². The highest BCUT2D eigenvalue weighted by Gasteiger charge is 2.60. The highest BCUT2D eigenvalue weighted by molar-refractivity contribution is 14.1. The number of alkyl halides is 1. The van der Waals surface area contributed by atoms with Gasteiger partial charge in [-0.05, 0) is 0 Å². The van der Waals surface area contributed by atoms with Crippen LogP contribution in [0.4, 0.5) is 0 Å². The van der Waals surface area contributed by atoms with Gasteiger partial charge in [0.2, 0.25) is 11.4 Å². The number of halogens is 2. The zero-order chi connectivity index (χ0) is 19.1. The average Bonchev–Trinajstić information content (AvgIpc) is 2.93. The average molecular weight is 493 g/mol.